The lowest BCUT2D eigenvalue weighted by Crippen LogP contribution is -2.02. The Kier molecular flexibility index (Phi) is 5.43. The van der Waals surface area contributed by atoms with Crippen molar-refractivity contribution in [3.05, 3.63) is 114 Å². The SMILES string of the molecule is Nc1c(F)cc(Nc2ccc(Nc3ccccc3)cc2)cc1Cc1ccccc1. The van der Waals surface area contributed by atoms with Gasteiger partial charge in [0.2, 0.25) is 0 Å². The first-order valence-electron chi connectivity index (χ1n) is 9.48. The minimum Gasteiger partial charge on any atom is -0.396 e. The molecule has 0 atom stereocenters. The van der Waals surface area contributed by atoms with E-state index in [1.165, 1.54) is 6.07 Å². The number of rotatable bonds is 6. The largest absolute Gasteiger partial charge is 0.396 e. The zero-order valence-corrected chi connectivity index (χ0v) is 15.9. The Morgan fingerprint density at radius 3 is 1.76 bits per heavy atom. The first-order chi connectivity index (χ1) is 14.2. The van der Waals surface area contributed by atoms with Gasteiger partial charge in [0.15, 0.2) is 0 Å². The Bertz CT molecular complexity index is 1080. The van der Waals surface area contributed by atoms with E-state index in [0.717, 1.165) is 28.2 Å². The molecule has 0 spiro atoms. The minimum absolute atomic E-state index is 0.196. The second kappa shape index (κ2) is 8.48. The van der Waals surface area contributed by atoms with Gasteiger partial charge in [-0.3, -0.25) is 0 Å². The van der Waals surface area contributed by atoms with Gasteiger partial charge in [-0.25, -0.2) is 4.39 Å². The molecule has 0 aliphatic heterocycles. The van der Waals surface area contributed by atoms with Crippen LogP contribution in [0, 0.1) is 5.82 Å². The second-order valence-electron chi connectivity index (χ2n) is 6.89. The molecule has 0 aromatic heterocycles. The molecule has 0 radical (unpaired) electrons. The highest BCUT2D eigenvalue weighted by molar-refractivity contribution is 5.68. The number of benzene rings is 4. The molecule has 4 rings (SSSR count). The molecule has 29 heavy (non-hydrogen) atoms. The third-order valence-electron chi connectivity index (χ3n) is 4.69. The first kappa shape index (κ1) is 18.6. The van der Waals surface area contributed by atoms with Crippen molar-refractivity contribution in [1.82, 2.24) is 0 Å². The van der Waals surface area contributed by atoms with Crippen molar-refractivity contribution in [3.8, 4) is 0 Å². The van der Waals surface area contributed by atoms with Crippen molar-refractivity contribution < 1.29 is 4.39 Å². The molecule has 0 unspecified atom stereocenters. The Hall–Kier alpha value is -3.79. The molecule has 0 heterocycles. The smallest absolute Gasteiger partial charge is 0.148 e. The highest BCUT2D eigenvalue weighted by Gasteiger charge is 2.09. The van der Waals surface area contributed by atoms with Crippen molar-refractivity contribution in [2.75, 3.05) is 16.4 Å². The van der Waals surface area contributed by atoms with E-state index in [0.29, 0.717) is 12.1 Å². The van der Waals surface area contributed by atoms with Crippen LogP contribution in [0.3, 0.4) is 0 Å². The van der Waals surface area contributed by atoms with Crippen LogP contribution in [-0.4, -0.2) is 0 Å². The molecule has 0 bridgehead atoms. The van der Waals surface area contributed by atoms with Crippen LogP contribution in [-0.2, 0) is 6.42 Å². The molecule has 0 saturated carbocycles. The molecule has 4 heteroatoms. The fourth-order valence-corrected chi connectivity index (χ4v) is 3.20. The van der Waals surface area contributed by atoms with Crippen molar-refractivity contribution in [3.63, 3.8) is 0 Å². The molecule has 4 N–H and O–H groups in total. The Balaban J connectivity index is 1.50. The summed E-state index contributed by atoms with van der Waals surface area (Å²) in [4.78, 5) is 0. The highest BCUT2D eigenvalue weighted by atomic mass is 19.1. The van der Waals surface area contributed by atoms with Gasteiger partial charge in [0.25, 0.3) is 0 Å². The molecule has 0 aliphatic rings. The summed E-state index contributed by atoms with van der Waals surface area (Å²) in [5.41, 5.74) is 11.6. The molecule has 3 nitrogen and oxygen atoms in total. The van der Waals surface area contributed by atoms with E-state index in [1.807, 2.05) is 91.0 Å². The monoisotopic (exact) mass is 383 g/mol. The molecule has 0 amide bonds. The third-order valence-corrected chi connectivity index (χ3v) is 4.69. The topological polar surface area (TPSA) is 50.1 Å². The molecule has 4 aromatic carbocycles. The normalized spacial score (nSPS) is 10.5. The lowest BCUT2D eigenvalue weighted by Gasteiger charge is -2.13. The van der Waals surface area contributed by atoms with E-state index < -0.39 is 5.82 Å². The molecule has 144 valence electrons. The average Bonchev–Trinajstić information content (AvgIpc) is 2.75. The number of hydrogen-bond acceptors (Lipinski definition) is 3. The summed E-state index contributed by atoms with van der Waals surface area (Å²) >= 11 is 0. The number of nitrogens with two attached hydrogens (primary N) is 1. The number of nitrogens with one attached hydrogen (secondary N) is 2. The van der Waals surface area contributed by atoms with E-state index in [4.69, 9.17) is 5.73 Å². The van der Waals surface area contributed by atoms with Gasteiger partial charge in [0.05, 0.1) is 5.69 Å². The Morgan fingerprint density at radius 1 is 0.621 bits per heavy atom. The molecule has 0 saturated heterocycles. The van der Waals surface area contributed by atoms with Crippen LogP contribution >= 0.6 is 0 Å². The van der Waals surface area contributed by atoms with Crippen LogP contribution in [0.25, 0.3) is 0 Å². The fourth-order valence-electron chi connectivity index (χ4n) is 3.20. The minimum atomic E-state index is -0.414. The molecular weight excluding hydrogens is 361 g/mol. The number of hydrogen-bond donors (Lipinski definition) is 3. The van der Waals surface area contributed by atoms with Crippen LogP contribution in [0.15, 0.2) is 97.1 Å². The molecule has 0 fully saturated rings. The van der Waals surface area contributed by atoms with Crippen LogP contribution in [0.5, 0.6) is 0 Å². The second-order valence-corrected chi connectivity index (χ2v) is 6.89. The maximum Gasteiger partial charge on any atom is 0.148 e. The lowest BCUT2D eigenvalue weighted by atomic mass is 10.0. The van der Waals surface area contributed by atoms with Gasteiger partial charge >= 0.3 is 0 Å². The number of nitrogen functional groups attached to an aromatic ring is 1. The van der Waals surface area contributed by atoms with Crippen molar-refractivity contribution in [2.45, 2.75) is 6.42 Å². The van der Waals surface area contributed by atoms with E-state index in [9.17, 15) is 4.39 Å². The maximum atomic E-state index is 14.4. The predicted octanol–water partition coefficient (Wildman–Crippen LogP) is 6.49. The summed E-state index contributed by atoms with van der Waals surface area (Å²) in [6.07, 6.45) is 0.582. The van der Waals surface area contributed by atoms with Gasteiger partial charge in [-0.2, -0.15) is 0 Å². The summed E-state index contributed by atoms with van der Waals surface area (Å²) in [5, 5.41) is 6.61. The zero-order valence-electron chi connectivity index (χ0n) is 15.9. The lowest BCUT2D eigenvalue weighted by molar-refractivity contribution is 0.631. The highest BCUT2D eigenvalue weighted by Crippen LogP contribution is 2.27. The van der Waals surface area contributed by atoms with Gasteiger partial charge in [0.1, 0.15) is 5.82 Å². The summed E-state index contributed by atoms with van der Waals surface area (Å²) in [5.74, 6) is -0.414. The molecular formula is C25H22FN3. The zero-order chi connectivity index (χ0) is 20.1. The first-order valence-corrected chi connectivity index (χ1v) is 9.48. The summed E-state index contributed by atoms with van der Waals surface area (Å²) in [7, 11) is 0. The quantitative estimate of drug-likeness (QED) is 0.334. The maximum absolute atomic E-state index is 14.4. The number of halogens is 1. The number of anilines is 5. The van der Waals surface area contributed by atoms with Crippen molar-refractivity contribution >= 4 is 28.4 Å². The van der Waals surface area contributed by atoms with Crippen LogP contribution < -0.4 is 16.4 Å². The van der Waals surface area contributed by atoms with Crippen LogP contribution in [0.1, 0.15) is 11.1 Å². The van der Waals surface area contributed by atoms with Crippen molar-refractivity contribution in [1.29, 1.82) is 0 Å². The van der Waals surface area contributed by atoms with Crippen LogP contribution in [0.4, 0.5) is 32.8 Å². The van der Waals surface area contributed by atoms with E-state index in [-0.39, 0.29) is 5.69 Å². The van der Waals surface area contributed by atoms with Gasteiger partial charge in [0, 0.05) is 22.7 Å². The van der Waals surface area contributed by atoms with Gasteiger partial charge in [-0.1, -0.05) is 48.5 Å². The predicted molar refractivity (Wildman–Crippen MR) is 120 cm³/mol. The fraction of sp³-hybridized carbons (Fsp3) is 0.0400. The number of para-hydroxylation sites is 1. The summed E-state index contributed by atoms with van der Waals surface area (Å²) < 4.78 is 14.4. The van der Waals surface area contributed by atoms with Crippen LogP contribution in [0.2, 0.25) is 0 Å². The standard InChI is InChI=1S/C25H22FN3/c26-24-17-23(16-19(25(24)27)15-18-7-3-1-4-8-18)29-22-13-11-21(12-14-22)28-20-9-5-2-6-10-20/h1-14,16-17,28-29H,15,27H2. The summed E-state index contributed by atoms with van der Waals surface area (Å²) in [6, 6.07) is 31.1. The Morgan fingerprint density at radius 2 is 1.14 bits per heavy atom. The molecule has 0 aliphatic carbocycles. The van der Waals surface area contributed by atoms with E-state index in [1.54, 1.807) is 0 Å². The van der Waals surface area contributed by atoms with E-state index >= 15 is 0 Å². The van der Waals surface area contributed by atoms with Gasteiger partial charge in [-0.15, -0.1) is 0 Å². The van der Waals surface area contributed by atoms with Gasteiger partial charge in [-0.05, 0) is 66.1 Å². The average molecular weight is 383 g/mol. The molecule has 4 aromatic rings. The third kappa shape index (κ3) is 4.74. The summed E-state index contributed by atoms with van der Waals surface area (Å²) in [6.45, 7) is 0. The van der Waals surface area contributed by atoms with E-state index in [2.05, 4.69) is 10.6 Å². The Labute approximate surface area is 170 Å². The van der Waals surface area contributed by atoms with Crippen molar-refractivity contribution in [2.24, 2.45) is 0 Å². The van der Waals surface area contributed by atoms with Gasteiger partial charge < -0.3 is 16.4 Å².